The largest absolute Gasteiger partial charge is 0.493 e. The molecular formula is C13H15Br2NO. The Balaban J connectivity index is 2.47. The Bertz CT molecular complexity index is 455. The molecule has 1 aliphatic rings. The van der Waals surface area contributed by atoms with Gasteiger partial charge >= 0.3 is 0 Å². The van der Waals surface area contributed by atoms with Crippen molar-refractivity contribution in [3.63, 3.8) is 0 Å². The monoisotopic (exact) mass is 359 g/mol. The standard InChI is InChI=1S/C13H15Br2NO/c1-8-5-6-17-12-7-10(15)3-4-11(12)13(8)16-9(2)14/h3-4,7,9,16H,5-6H2,1-2H3. The zero-order chi connectivity index (χ0) is 12.4. The number of nitrogens with one attached hydrogen (secondary N) is 1. The third-order valence-electron chi connectivity index (χ3n) is 2.72. The van der Waals surface area contributed by atoms with Crippen LogP contribution in [0, 0.1) is 0 Å². The maximum atomic E-state index is 5.78. The van der Waals surface area contributed by atoms with Gasteiger partial charge in [-0.05, 0) is 37.6 Å². The van der Waals surface area contributed by atoms with Crippen molar-refractivity contribution in [3.8, 4) is 5.75 Å². The summed E-state index contributed by atoms with van der Waals surface area (Å²) in [5.41, 5.74) is 3.64. The molecule has 0 fully saturated rings. The van der Waals surface area contributed by atoms with Crippen LogP contribution in [0.1, 0.15) is 25.8 Å². The number of rotatable bonds is 2. The molecule has 0 radical (unpaired) electrons. The van der Waals surface area contributed by atoms with E-state index in [1.807, 2.05) is 12.1 Å². The summed E-state index contributed by atoms with van der Waals surface area (Å²) in [5, 5.41) is 3.45. The molecule has 1 aromatic rings. The van der Waals surface area contributed by atoms with E-state index in [0.29, 0.717) is 0 Å². The number of fused-ring (bicyclic) bond motifs is 1. The van der Waals surface area contributed by atoms with Crippen molar-refractivity contribution in [1.29, 1.82) is 0 Å². The molecule has 1 aliphatic heterocycles. The van der Waals surface area contributed by atoms with Crippen LogP contribution in [-0.4, -0.2) is 11.6 Å². The second-order valence-electron chi connectivity index (χ2n) is 4.15. The van der Waals surface area contributed by atoms with Crippen molar-refractivity contribution in [2.75, 3.05) is 6.61 Å². The lowest BCUT2D eigenvalue weighted by Crippen LogP contribution is -2.19. The van der Waals surface area contributed by atoms with E-state index in [-0.39, 0.29) is 4.95 Å². The predicted molar refractivity (Wildman–Crippen MR) is 78.4 cm³/mol. The zero-order valence-corrected chi connectivity index (χ0v) is 13.1. The molecule has 0 bridgehead atoms. The molecule has 0 saturated heterocycles. The highest BCUT2D eigenvalue weighted by Gasteiger charge is 2.17. The molecule has 0 aliphatic carbocycles. The Kier molecular flexibility index (Phi) is 4.15. The molecule has 0 spiro atoms. The lowest BCUT2D eigenvalue weighted by Gasteiger charge is -2.16. The van der Waals surface area contributed by atoms with Crippen molar-refractivity contribution >= 4 is 37.6 Å². The average Bonchev–Trinajstić information content (AvgIpc) is 2.39. The maximum Gasteiger partial charge on any atom is 0.129 e. The van der Waals surface area contributed by atoms with Crippen molar-refractivity contribution < 1.29 is 4.74 Å². The molecule has 17 heavy (non-hydrogen) atoms. The van der Waals surface area contributed by atoms with E-state index in [4.69, 9.17) is 4.74 Å². The van der Waals surface area contributed by atoms with Gasteiger partial charge < -0.3 is 10.1 Å². The highest BCUT2D eigenvalue weighted by Crippen LogP contribution is 2.33. The predicted octanol–water partition coefficient (Wildman–Crippen LogP) is 4.29. The van der Waals surface area contributed by atoms with Gasteiger partial charge in [0.2, 0.25) is 0 Å². The van der Waals surface area contributed by atoms with Gasteiger partial charge in [-0.2, -0.15) is 0 Å². The van der Waals surface area contributed by atoms with Gasteiger partial charge in [0.1, 0.15) is 5.75 Å². The van der Waals surface area contributed by atoms with Crippen LogP contribution in [0.25, 0.3) is 5.70 Å². The van der Waals surface area contributed by atoms with Gasteiger partial charge in [0.05, 0.1) is 11.6 Å². The summed E-state index contributed by atoms with van der Waals surface area (Å²) in [7, 11) is 0. The molecule has 1 unspecified atom stereocenters. The average molecular weight is 361 g/mol. The summed E-state index contributed by atoms with van der Waals surface area (Å²) in [6.45, 7) is 4.96. The van der Waals surface area contributed by atoms with Gasteiger partial charge in [-0.25, -0.2) is 0 Å². The number of alkyl halides is 1. The molecule has 2 nitrogen and oxygen atoms in total. The van der Waals surface area contributed by atoms with E-state index in [9.17, 15) is 0 Å². The summed E-state index contributed by atoms with van der Waals surface area (Å²) in [4.78, 5) is 0.238. The van der Waals surface area contributed by atoms with Crippen LogP contribution in [0.15, 0.2) is 28.2 Å². The Labute approximate surface area is 119 Å². The lowest BCUT2D eigenvalue weighted by molar-refractivity contribution is 0.323. The fourth-order valence-electron chi connectivity index (χ4n) is 1.89. The van der Waals surface area contributed by atoms with Crippen LogP contribution in [0.3, 0.4) is 0 Å². The van der Waals surface area contributed by atoms with Crippen molar-refractivity contribution in [1.82, 2.24) is 5.32 Å². The van der Waals surface area contributed by atoms with Crippen LogP contribution < -0.4 is 10.1 Å². The SMILES string of the molecule is CC1=C(NC(C)Br)c2ccc(Br)cc2OCC1. The number of hydrogen-bond donors (Lipinski definition) is 1. The topological polar surface area (TPSA) is 21.3 Å². The molecule has 1 atom stereocenters. The fourth-order valence-corrected chi connectivity index (χ4v) is 2.46. The highest BCUT2D eigenvalue weighted by molar-refractivity contribution is 9.10. The first-order valence-corrected chi connectivity index (χ1v) is 7.32. The second kappa shape index (κ2) is 5.44. The van der Waals surface area contributed by atoms with E-state index in [1.165, 1.54) is 11.3 Å². The minimum Gasteiger partial charge on any atom is -0.493 e. The Morgan fingerprint density at radius 2 is 2.18 bits per heavy atom. The minimum atomic E-state index is 0.238. The third-order valence-corrected chi connectivity index (χ3v) is 3.44. The first-order chi connectivity index (χ1) is 8.08. The quantitative estimate of drug-likeness (QED) is 0.627. The Morgan fingerprint density at radius 1 is 1.41 bits per heavy atom. The molecule has 0 saturated carbocycles. The molecule has 4 heteroatoms. The van der Waals surface area contributed by atoms with Gasteiger partial charge in [0.25, 0.3) is 0 Å². The zero-order valence-electron chi connectivity index (χ0n) is 9.89. The molecule has 1 aromatic carbocycles. The smallest absolute Gasteiger partial charge is 0.129 e. The summed E-state index contributed by atoms with van der Waals surface area (Å²) in [6, 6.07) is 6.15. The Hall–Kier alpha value is -0.480. The molecular weight excluding hydrogens is 346 g/mol. The molecule has 0 aromatic heterocycles. The van der Waals surface area contributed by atoms with Crippen LogP contribution in [0.4, 0.5) is 0 Å². The third kappa shape index (κ3) is 3.05. The highest BCUT2D eigenvalue weighted by atomic mass is 79.9. The van der Waals surface area contributed by atoms with Gasteiger partial charge in [-0.1, -0.05) is 31.9 Å². The van der Waals surface area contributed by atoms with Crippen LogP contribution in [-0.2, 0) is 0 Å². The number of benzene rings is 1. The van der Waals surface area contributed by atoms with E-state index in [0.717, 1.165) is 28.8 Å². The first kappa shape index (κ1) is 13.0. The first-order valence-electron chi connectivity index (χ1n) is 5.61. The fraction of sp³-hybridized carbons (Fsp3) is 0.385. The van der Waals surface area contributed by atoms with Gasteiger partial charge in [-0.3, -0.25) is 0 Å². The van der Waals surface area contributed by atoms with E-state index < -0.39 is 0 Å². The number of halogens is 2. The van der Waals surface area contributed by atoms with E-state index in [2.05, 4.69) is 57.1 Å². The number of ether oxygens (including phenoxy) is 1. The molecule has 0 amide bonds. The van der Waals surface area contributed by atoms with Gasteiger partial charge in [0, 0.05) is 22.2 Å². The van der Waals surface area contributed by atoms with Crippen molar-refractivity contribution in [2.45, 2.75) is 25.2 Å². The lowest BCUT2D eigenvalue weighted by atomic mass is 10.1. The maximum absolute atomic E-state index is 5.78. The molecule has 1 heterocycles. The summed E-state index contributed by atoms with van der Waals surface area (Å²) < 4.78 is 6.83. The van der Waals surface area contributed by atoms with Gasteiger partial charge in [-0.15, -0.1) is 0 Å². The minimum absolute atomic E-state index is 0.238. The van der Waals surface area contributed by atoms with Crippen LogP contribution >= 0.6 is 31.9 Å². The van der Waals surface area contributed by atoms with Crippen molar-refractivity contribution in [3.05, 3.63) is 33.8 Å². The van der Waals surface area contributed by atoms with Gasteiger partial charge in [0.15, 0.2) is 0 Å². The van der Waals surface area contributed by atoms with Crippen LogP contribution in [0.5, 0.6) is 5.75 Å². The van der Waals surface area contributed by atoms with E-state index in [1.54, 1.807) is 0 Å². The van der Waals surface area contributed by atoms with Crippen LogP contribution in [0.2, 0.25) is 0 Å². The molecule has 1 N–H and O–H groups in total. The number of hydrogen-bond acceptors (Lipinski definition) is 2. The normalized spacial score (nSPS) is 16.9. The van der Waals surface area contributed by atoms with Crippen molar-refractivity contribution in [2.24, 2.45) is 0 Å². The summed E-state index contributed by atoms with van der Waals surface area (Å²) in [5.74, 6) is 0.937. The summed E-state index contributed by atoms with van der Waals surface area (Å²) in [6.07, 6.45) is 0.953. The Morgan fingerprint density at radius 3 is 2.88 bits per heavy atom. The summed E-state index contributed by atoms with van der Waals surface area (Å²) >= 11 is 7.01. The van der Waals surface area contributed by atoms with E-state index >= 15 is 0 Å². The second-order valence-corrected chi connectivity index (χ2v) is 6.44. The molecule has 92 valence electrons. The molecule has 2 rings (SSSR count).